The molecule has 3 aromatic rings. The zero-order valence-corrected chi connectivity index (χ0v) is 20.0. The molecule has 0 spiro atoms. The number of thioether (sulfide) groups is 1. The highest BCUT2D eigenvalue weighted by Crippen LogP contribution is 2.26. The van der Waals surface area contributed by atoms with Crippen LogP contribution < -0.4 is 14.8 Å². The second-order valence-corrected chi connectivity index (χ2v) is 8.58. The van der Waals surface area contributed by atoms with Crippen molar-refractivity contribution >= 4 is 23.4 Å². The molecule has 2 aromatic carbocycles. The second kappa shape index (κ2) is 11.0. The van der Waals surface area contributed by atoms with E-state index in [9.17, 15) is 4.79 Å². The first-order valence-electron chi connectivity index (χ1n) is 10.7. The van der Waals surface area contributed by atoms with Crippen LogP contribution in [0.1, 0.15) is 51.1 Å². The largest absolute Gasteiger partial charge is 0.497 e. The van der Waals surface area contributed by atoms with E-state index in [0.717, 1.165) is 23.0 Å². The molecule has 0 saturated heterocycles. The van der Waals surface area contributed by atoms with Crippen molar-refractivity contribution in [2.24, 2.45) is 0 Å². The lowest BCUT2D eigenvalue weighted by Crippen LogP contribution is -2.15. The fourth-order valence-corrected chi connectivity index (χ4v) is 4.00. The molecule has 0 bridgehead atoms. The van der Waals surface area contributed by atoms with Gasteiger partial charge >= 0.3 is 0 Å². The van der Waals surface area contributed by atoms with E-state index < -0.39 is 0 Å². The molecule has 1 aromatic heterocycles. The molecule has 0 radical (unpaired) electrons. The highest BCUT2D eigenvalue weighted by Gasteiger charge is 2.19. The summed E-state index contributed by atoms with van der Waals surface area (Å²) in [5.74, 6) is 2.87. The maximum Gasteiger partial charge on any atom is 0.234 e. The van der Waals surface area contributed by atoms with Gasteiger partial charge in [0.1, 0.15) is 11.5 Å². The van der Waals surface area contributed by atoms with Crippen molar-refractivity contribution < 1.29 is 14.3 Å². The van der Waals surface area contributed by atoms with Crippen LogP contribution in [0.2, 0.25) is 0 Å². The second-order valence-electron chi connectivity index (χ2n) is 7.63. The van der Waals surface area contributed by atoms with Gasteiger partial charge in [-0.05, 0) is 61.7 Å². The van der Waals surface area contributed by atoms with E-state index >= 15 is 0 Å². The van der Waals surface area contributed by atoms with E-state index in [2.05, 4.69) is 41.5 Å². The van der Waals surface area contributed by atoms with Gasteiger partial charge in [-0.3, -0.25) is 4.79 Å². The van der Waals surface area contributed by atoms with Gasteiger partial charge in [0.05, 0.1) is 12.9 Å². The maximum atomic E-state index is 12.4. The first-order chi connectivity index (χ1) is 15.4. The van der Waals surface area contributed by atoms with Crippen molar-refractivity contribution in [3.63, 3.8) is 0 Å². The number of benzene rings is 2. The van der Waals surface area contributed by atoms with E-state index in [4.69, 9.17) is 9.47 Å². The summed E-state index contributed by atoms with van der Waals surface area (Å²) >= 11 is 1.35. The minimum Gasteiger partial charge on any atom is -0.497 e. The van der Waals surface area contributed by atoms with Crippen molar-refractivity contribution in [3.05, 3.63) is 59.9 Å². The van der Waals surface area contributed by atoms with Crippen LogP contribution in [0, 0.1) is 0 Å². The van der Waals surface area contributed by atoms with E-state index in [-0.39, 0.29) is 17.8 Å². The Morgan fingerprint density at radius 3 is 2.28 bits per heavy atom. The Hall–Kier alpha value is -3.00. The Kier molecular flexibility index (Phi) is 8.16. The molecule has 7 nitrogen and oxygen atoms in total. The fraction of sp³-hybridized carbons (Fsp3) is 0.375. The maximum absolute atomic E-state index is 12.4. The number of ether oxygens (including phenoxy) is 2. The van der Waals surface area contributed by atoms with E-state index in [1.165, 1.54) is 17.3 Å². The Bertz CT molecular complexity index is 1020. The number of nitrogens with zero attached hydrogens (tertiary/aromatic N) is 3. The van der Waals surface area contributed by atoms with E-state index in [0.29, 0.717) is 17.6 Å². The van der Waals surface area contributed by atoms with Gasteiger partial charge in [-0.2, -0.15) is 0 Å². The first kappa shape index (κ1) is 23.7. The molecule has 32 heavy (non-hydrogen) atoms. The molecule has 1 atom stereocenters. The molecular formula is C24H30N4O3S. The van der Waals surface area contributed by atoms with Crippen LogP contribution in [0.25, 0.3) is 0 Å². The summed E-state index contributed by atoms with van der Waals surface area (Å²) in [7, 11) is 1.61. The molecule has 0 fully saturated rings. The zero-order chi connectivity index (χ0) is 23.1. The number of rotatable bonds is 10. The first-order valence-corrected chi connectivity index (χ1v) is 11.7. The predicted molar refractivity (Wildman–Crippen MR) is 128 cm³/mol. The summed E-state index contributed by atoms with van der Waals surface area (Å²) in [5, 5.41) is 12.2. The van der Waals surface area contributed by atoms with Crippen LogP contribution in [-0.2, 0) is 11.3 Å². The normalized spacial score (nSPS) is 11.9. The van der Waals surface area contributed by atoms with Crippen molar-refractivity contribution in [1.82, 2.24) is 14.8 Å². The van der Waals surface area contributed by atoms with Gasteiger partial charge in [0.25, 0.3) is 0 Å². The molecule has 170 valence electrons. The number of carbonyl (C=O) groups is 1. The van der Waals surface area contributed by atoms with Crippen molar-refractivity contribution in [3.8, 4) is 11.5 Å². The van der Waals surface area contributed by atoms with Gasteiger partial charge in [0, 0.05) is 12.2 Å². The fourth-order valence-electron chi connectivity index (χ4n) is 3.19. The van der Waals surface area contributed by atoms with Crippen LogP contribution in [0.3, 0.4) is 0 Å². The molecule has 1 unspecified atom stereocenters. The average Bonchev–Trinajstić information content (AvgIpc) is 3.21. The molecule has 3 rings (SSSR count). The van der Waals surface area contributed by atoms with Gasteiger partial charge in [0.2, 0.25) is 5.91 Å². The summed E-state index contributed by atoms with van der Waals surface area (Å²) in [5.41, 5.74) is 1.99. The number of hydrogen-bond acceptors (Lipinski definition) is 6. The molecular weight excluding hydrogens is 424 g/mol. The zero-order valence-electron chi connectivity index (χ0n) is 19.2. The minimum absolute atomic E-state index is 0.109. The predicted octanol–water partition coefficient (Wildman–Crippen LogP) is 5.30. The molecule has 0 aliphatic carbocycles. The number of hydrogen-bond donors (Lipinski definition) is 1. The van der Waals surface area contributed by atoms with Gasteiger partial charge in [-0.1, -0.05) is 37.7 Å². The van der Waals surface area contributed by atoms with Gasteiger partial charge in [0.15, 0.2) is 17.1 Å². The Morgan fingerprint density at radius 2 is 1.69 bits per heavy atom. The summed E-state index contributed by atoms with van der Waals surface area (Å²) in [6.45, 7) is 9.00. The lowest BCUT2D eigenvalue weighted by Gasteiger charge is -2.16. The van der Waals surface area contributed by atoms with E-state index in [1.54, 1.807) is 31.4 Å². The molecule has 1 N–H and O–H groups in total. The minimum atomic E-state index is -0.269. The van der Waals surface area contributed by atoms with Crippen molar-refractivity contribution in [1.29, 1.82) is 0 Å². The molecule has 0 aliphatic heterocycles. The summed E-state index contributed by atoms with van der Waals surface area (Å²) in [6.07, 6.45) is -0.269. The topological polar surface area (TPSA) is 78.3 Å². The Morgan fingerprint density at radius 1 is 1.03 bits per heavy atom. The van der Waals surface area contributed by atoms with Crippen molar-refractivity contribution in [2.75, 3.05) is 18.2 Å². The molecule has 1 heterocycles. The van der Waals surface area contributed by atoms with Crippen LogP contribution >= 0.6 is 11.8 Å². The van der Waals surface area contributed by atoms with Crippen LogP contribution in [0.4, 0.5) is 5.69 Å². The molecule has 0 saturated carbocycles. The monoisotopic (exact) mass is 454 g/mol. The van der Waals surface area contributed by atoms with Crippen molar-refractivity contribution in [2.45, 2.75) is 51.4 Å². The average molecular weight is 455 g/mol. The Balaban J connectivity index is 1.60. The van der Waals surface area contributed by atoms with E-state index in [1.807, 2.05) is 30.5 Å². The summed E-state index contributed by atoms with van der Waals surface area (Å²) < 4.78 is 13.2. The van der Waals surface area contributed by atoms with Gasteiger partial charge in [-0.15, -0.1) is 10.2 Å². The number of amides is 1. The van der Waals surface area contributed by atoms with Gasteiger partial charge < -0.3 is 19.4 Å². The number of nitrogens with one attached hydrogen (secondary N) is 1. The third kappa shape index (κ3) is 6.03. The number of methoxy groups -OCH3 is 1. The highest BCUT2D eigenvalue weighted by molar-refractivity contribution is 7.99. The van der Waals surface area contributed by atoms with Crippen LogP contribution in [-0.4, -0.2) is 33.5 Å². The summed E-state index contributed by atoms with van der Waals surface area (Å²) in [6, 6.07) is 15.4. The third-order valence-corrected chi connectivity index (χ3v) is 5.96. The smallest absolute Gasteiger partial charge is 0.234 e. The third-order valence-electron chi connectivity index (χ3n) is 4.99. The van der Waals surface area contributed by atoms with Crippen LogP contribution in [0.15, 0.2) is 53.7 Å². The highest BCUT2D eigenvalue weighted by atomic mass is 32.2. The van der Waals surface area contributed by atoms with Crippen LogP contribution in [0.5, 0.6) is 11.5 Å². The number of carbonyl (C=O) groups excluding carboxylic acids is 1. The lowest BCUT2D eigenvalue weighted by molar-refractivity contribution is -0.113. The summed E-state index contributed by atoms with van der Waals surface area (Å²) in [4.78, 5) is 12.4. The Labute approximate surface area is 193 Å². The number of anilines is 1. The number of aromatic nitrogens is 3. The quantitative estimate of drug-likeness (QED) is 0.419. The standard InChI is InChI=1S/C24H30N4O3S/c1-6-28-23(17(4)31-21-11-7-18(8-12-21)16(2)3)26-27-24(28)32-15-22(29)25-19-9-13-20(30-5)14-10-19/h7-14,16-17H,6,15H2,1-5H3,(H,25,29). The van der Waals surface area contributed by atoms with Gasteiger partial charge in [-0.25, -0.2) is 0 Å². The molecule has 1 amide bonds. The SMILES string of the molecule is CCn1c(SCC(=O)Nc2ccc(OC)cc2)nnc1C(C)Oc1ccc(C(C)C)cc1. The molecule has 8 heteroatoms. The lowest BCUT2D eigenvalue weighted by atomic mass is 10.0. The molecule has 0 aliphatic rings.